The summed E-state index contributed by atoms with van der Waals surface area (Å²) in [7, 11) is 0. The van der Waals surface area contributed by atoms with Crippen LogP contribution in [0.1, 0.15) is 26.2 Å². The van der Waals surface area contributed by atoms with Crippen LogP contribution in [-0.4, -0.2) is 32.7 Å². The van der Waals surface area contributed by atoms with Gasteiger partial charge in [-0.15, -0.1) is 0 Å². The molecule has 0 bridgehead atoms. The van der Waals surface area contributed by atoms with Gasteiger partial charge in [-0.05, 0) is 18.6 Å². The highest BCUT2D eigenvalue weighted by Crippen LogP contribution is 2.13. The highest BCUT2D eigenvalue weighted by atomic mass is 16.4. The van der Waals surface area contributed by atoms with Gasteiger partial charge < -0.3 is 10.4 Å². The lowest BCUT2D eigenvalue weighted by atomic mass is 10.3. The van der Waals surface area contributed by atoms with Crippen molar-refractivity contribution in [2.75, 3.05) is 6.54 Å². The third-order valence-corrected chi connectivity index (χ3v) is 3.60. The Bertz CT molecular complexity index is 760. The van der Waals surface area contributed by atoms with E-state index in [1.54, 1.807) is 9.13 Å². The SMILES string of the molecule is CCCn1c(=O)n(CCC(=O)NCCC(=O)O)c2ccccc21. The first-order valence-electron chi connectivity index (χ1n) is 7.71. The Morgan fingerprint density at radius 3 is 2.26 bits per heavy atom. The minimum absolute atomic E-state index is 0.0979. The molecule has 0 saturated heterocycles. The normalized spacial score (nSPS) is 10.8. The van der Waals surface area contributed by atoms with Crippen LogP contribution in [0.25, 0.3) is 11.0 Å². The Kier molecular flexibility index (Phi) is 5.56. The van der Waals surface area contributed by atoms with E-state index >= 15 is 0 Å². The fourth-order valence-corrected chi connectivity index (χ4v) is 2.54. The first kappa shape index (κ1) is 16.8. The van der Waals surface area contributed by atoms with Crippen molar-refractivity contribution >= 4 is 22.9 Å². The number of rotatable bonds is 8. The molecule has 124 valence electrons. The number of aryl methyl sites for hydroxylation is 2. The molecule has 2 N–H and O–H groups in total. The van der Waals surface area contributed by atoms with Crippen molar-refractivity contribution < 1.29 is 14.7 Å². The summed E-state index contributed by atoms with van der Waals surface area (Å²) in [5.41, 5.74) is 1.56. The first-order chi connectivity index (χ1) is 11.0. The summed E-state index contributed by atoms with van der Waals surface area (Å²) < 4.78 is 3.32. The second-order valence-corrected chi connectivity index (χ2v) is 5.32. The number of fused-ring (bicyclic) bond motifs is 1. The number of imidazole rings is 1. The maximum atomic E-state index is 12.5. The molecule has 1 amide bonds. The van der Waals surface area contributed by atoms with Crippen LogP contribution >= 0.6 is 0 Å². The number of carbonyl (C=O) groups excluding carboxylic acids is 1. The summed E-state index contributed by atoms with van der Waals surface area (Å²) in [6.07, 6.45) is 0.880. The van der Waals surface area contributed by atoms with Gasteiger partial charge >= 0.3 is 11.7 Å². The lowest BCUT2D eigenvalue weighted by Gasteiger charge is -2.05. The van der Waals surface area contributed by atoms with Gasteiger partial charge in [-0.1, -0.05) is 19.1 Å². The van der Waals surface area contributed by atoms with Crippen LogP contribution in [0.15, 0.2) is 29.1 Å². The van der Waals surface area contributed by atoms with E-state index in [0.29, 0.717) is 6.54 Å². The maximum Gasteiger partial charge on any atom is 0.329 e. The molecule has 0 spiro atoms. The zero-order chi connectivity index (χ0) is 16.8. The molecule has 0 fully saturated rings. The fourth-order valence-electron chi connectivity index (χ4n) is 2.54. The summed E-state index contributed by atoms with van der Waals surface area (Å²) in [6.45, 7) is 3.02. The van der Waals surface area contributed by atoms with Crippen molar-refractivity contribution in [2.24, 2.45) is 0 Å². The number of carbonyl (C=O) groups is 2. The molecule has 0 radical (unpaired) electrons. The predicted molar refractivity (Wildman–Crippen MR) is 86.4 cm³/mol. The highest BCUT2D eigenvalue weighted by Gasteiger charge is 2.13. The third-order valence-electron chi connectivity index (χ3n) is 3.60. The van der Waals surface area contributed by atoms with E-state index in [0.717, 1.165) is 17.5 Å². The molecule has 0 aliphatic rings. The molecule has 7 heteroatoms. The molecule has 2 aromatic rings. The Morgan fingerprint density at radius 2 is 1.70 bits per heavy atom. The second kappa shape index (κ2) is 7.62. The number of aromatic nitrogens is 2. The summed E-state index contributed by atoms with van der Waals surface area (Å²) in [6, 6.07) is 7.51. The third kappa shape index (κ3) is 4.00. The van der Waals surface area contributed by atoms with Crippen LogP contribution < -0.4 is 11.0 Å². The number of amides is 1. The average molecular weight is 319 g/mol. The Hall–Kier alpha value is -2.57. The molecule has 1 aromatic carbocycles. The van der Waals surface area contributed by atoms with Gasteiger partial charge in [-0.3, -0.25) is 18.7 Å². The minimum atomic E-state index is -0.954. The van der Waals surface area contributed by atoms with Gasteiger partial charge in [-0.25, -0.2) is 4.79 Å². The van der Waals surface area contributed by atoms with Crippen molar-refractivity contribution in [3.05, 3.63) is 34.7 Å². The molecular formula is C16H21N3O4. The molecule has 23 heavy (non-hydrogen) atoms. The summed E-state index contributed by atoms with van der Waals surface area (Å²) >= 11 is 0. The lowest BCUT2D eigenvalue weighted by Crippen LogP contribution is -2.29. The maximum absolute atomic E-state index is 12.5. The molecule has 0 aliphatic heterocycles. The lowest BCUT2D eigenvalue weighted by molar-refractivity contribution is -0.136. The van der Waals surface area contributed by atoms with Crippen LogP contribution in [0.3, 0.4) is 0 Å². The Labute approximate surface area is 133 Å². The Morgan fingerprint density at radius 1 is 1.09 bits per heavy atom. The van der Waals surface area contributed by atoms with Crippen molar-refractivity contribution in [1.82, 2.24) is 14.5 Å². The van der Waals surface area contributed by atoms with Crippen molar-refractivity contribution in [1.29, 1.82) is 0 Å². The van der Waals surface area contributed by atoms with Gasteiger partial charge in [0, 0.05) is 26.1 Å². The molecule has 1 heterocycles. The van der Waals surface area contributed by atoms with E-state index in [-0.39, 0.29) is 37.5 Å². The van der Waals surface area contributed by atoms with E-state index in [1.807, 2.05) is 31.2 Å². The molecular weight excluding hydrogens is 298 g/mol. The molecule has 0 aliphatic carbocycles. The number of nitrogens with one attached hydrogen (secondary N) is 1. The number of nitrogens with zero attached hydrogens (tertiary/aromatic N) is 2. The average Bonchev–Trinajstić information content (AvgIpc) is 2.78. The zero-order valence-corrected chi connectivity index (χ0v) is 13.1. The molecule has 0 atom stereocenters. The number of hydrogen-bond donors (Lipinski definition) is 2. The van der Waals surface area contributed by atoms with E-state index in [4.69, 9.17) is 5.11 Å². The largest absolute Gasteiger partial charge is 0.481 e. The zero-order valence-electron chi connectivity index (χ0n) is 13.1. The van der Waals surface area contributed by atoms with E-state index in [1.165, 1.54) is 0 Å². The van der Waals surface area contributed by atoms with Gasteiger partial charge in [0.2, 0.25) is 5.91 Å². The highest BCUT2D eigenvalue weighted by molar-refractivity contribution is 5.78. The summed E-state index contributed by atoms with van der Waals surface area (Å²) in [5, 5.41) is 11.1. The molecule has 1 aromatic heterocycles. The number of hydrogen-bond acceptors (Lipinski definition) is 3. The van der Waals surface area contributed by atoms with Crippen LogP contribution in [-0.2, 0) is 22.7 Å². The number of carboxylic acid groups (broad SMARTS) is 1. The number of aliphatic carboxylic acids is 1. The van der Waals surface area contributed by atoms with Gasteiger partial charge in [0.05, 0.1) is 17.5 Å². The Balaban J connectivity index is 2.11. The standard InChI is InChI=1S/C16H21N3O4/c1-2-10-18-12-5-3-4-6-13(12)19(16(18)23)11-8-14(20)17-9-7-15(21)22/h3-6H,2,7-11H2,1H3,(H,17,20)(H,21,22). The molecule has 7 nitrogen and oxygen atoms in total. The van der Waals surface area contributed by atoms with Crippen LogP contribution in [0.5, 0.6) is 0 Å². The van der Waals surface area contributed by atoms with Gasteiger partial charge in [0.1, 0.15) is 0 Å². The quantitative estimate of drug-likeness (QED) is 0.764. The van der Waals surface area contributed by atoms with E-state index in [9.17, 15) is 14.4 Å². The summed E-state index contributed by atoms with van der Waals surface area (Å²) in [5.74, 6) is -1.21. The van der Waals surface area contributed by atoms with Crippen LogP contribution in [0, 0.1) is 0 Å². The van der Waals surface area contributed by atoms with Crippen molar-refractivity contribution in [3.63, 3.8) is 0 Å². The molecule has 0 unspecified atom stereocenters. The van der Waals surface area contributed by atoms with Gasteiger partial charge in [0.25, 0.3) is 0 Å². The minimum Gasteiger partial charge on any atom is -0.481 e. The van der Waals surface area contributed by atoms with Crippen LogP contribution in [0.4, 0.5) is 0 Å². The molecule has 2 rings (SSSR count). The van der Waals surface area contributed by atoms with Crippen molar-refractivity contribution in [2.45, 2.75) is 39.3 Å². The number of benzene rings is 1. The second-order valence-electron chi connectivity index (χ2n) is 5.32. The van der Waals surface area contributed by atoms with Gasteiger partial charge in [0.15, 0.2) is 0 Å². The van der Waals surface area contributed by atoms with E-state index < -0.39 is 5.97 Å². The van der Waals surface area contributed by atoms with E-state index in [2.05, 4.69) is 5.32 Å². The fraction of sp³-hybridized carbons (Fsp3) is 0.438. The topological polar surface area (TPSA) is 93.3 Å². The van der Waals surface area contributed by atoms with Crippen LogP contribution in [0.2, 0.25) is 0 Å². The monoisotopic (exact) mass is 319 g/mol. The molecule has 0 saturated carbocycles. The van der Waals surface area contributed by atoms with Gasteiger partial charge in [-0.2, -0.15) is 0 Å². The first-order valence-corrected chi connectivity index (χ1v) is 7.71. The smallest absolute Gasteiger partial charge is 0.329 e. The number of carboxylic acids is 1. The number of para-hydroxylation sites is 2. The predicted octanol–water partition coefficient (Wildman–Crippen LogP) is 1.19. The van der Waals surface area contributed by atoms with Crippen molar-refractivity contribution in [3.8, 4) is 0 Å². The summed E-state index contributed by atoms with van der Waals surface area (Å²) in [4.78, 5) is 34.7.